The molecule has 1 aliphatic rings. The summed E-state index contributed by atoms with van der Waals surface area (Å²) in [6, 6.07) is 0. The van der Waals surface area contributed by atoms with Crippen molar-refractivity contribution in [3.8, 4) is 0 Å². The maximum atomic E-state index is 12.3. The highest BCUT2D eigenvalue weighted by Crippen LogP contribution is 2.25. The molecule has 7 nitrogen and oxygen atoms in total. The number of carbonyl (C=O) groups is 2. The molecule has 0 bridgehead atoms. The van der Waals surface area contributed by atoms with Crippen molar-refractivity contribution >= 4 is 11.8 Å². The highest BCUT2D eigenvalue weighted by atomic mass is 16.5. The van der Waals surface area contributed by atoms with Crippen LogP contribution >= 0.6 is 0 Å². The number of rotatable bonds is 3. The minimum atomic E-state index is -0.0615. The van der Waals surface area contributed by atoms with Crippen LogP contribution in [0.1, 0.15) is 76.9 Å². The summed E-state index contributed by atoms with van der Waals surface area (Å²) in [7, 11) is 0. The molecule has 140 valence electrons. The van der Waals surface area contributed by atoms with Crippen LogP contribution in [0.25, 0.3) is 0 Å². The predicted octanol–water partition coefficient (Wildman–Crippen LogP) is 2.45. The normalized spacial score (nSPS) is 20.5. The van der Waals surface area contributed by atoms with Gasteiger partial charge in [0.25, 0.3) is 0 Å². The zero-order chi connectivity index (χ0) is 18.4. The lowest BCUT2D eigenvalue weighted by molar-refractivity contribution is -0.135. The monoisotopic (exact) mass is 350 g/mol. The molecule has 0 saturated carbocycles. The summed E-state index contributed by atoms with van der Waals surface area (Å²) in [5.74, 6) is 1.70. The highest BCUT2D eigenvalue weighted by Gasteiger charge is 2.23. The lowest BCUT2D eigenvalue weighted by Crippen LogP contribution is -2.38. The Balaban J connectivity index is 2.08. The Kier molecular flexibility index (Phi) is 6.96. The Morgan fingerprint density at radius 3 is 2.64 bits per heavy atom. The van der Waals surface area contributed by atoms with Crippen molar-refractivity contribution in [3.05, 3.63) is 11.7 Å². The van der Waals surface area contributed by atoms with E-state index in [9.17, 15) is 9.59 Å². The van der Waals surface area contributed by atoms with E-state index >= 15 is 0 Å². The molecular formula is C18H30N4O3. The summed E-state index contributed by atoms with van der Waals surface area (Å²) in [4.78, 5) is 30.6. The van der Waals surface area contributed by atoms with Gasteiger partial charge in [-0.3, -0.25) is 9.59 Å². The van der Waals surface area contributed by atoms with E-state index in [0.717, 1.165) is 19.3 Å². The number of hydrogen-bond donors (Lipinski definition) is 1. The lowest BCUT2D eigenvalue weighted by Gasteiger charge is -2.24. The van der Waals surface area contributed by atoms with Gasteiger partial charge in [-0.1, -0.05) is 32.9 Å². The second-order valence-electron chi connectivity index (χ2n) is 7.35. The van der Waals surface area contributed by atoms with Crippen LogP contribution in [0.4, 0.5) is 0 Å². The van der Waals surface area contributed by atoms with Crippen molar-refractivity contribution in [1.82, 2.24) is 20.4 Å². The van der Waals surface area contributed by atoms with E-state index in [0.29, 0.717) is 37.8 Å². The fourth-order valence-corrected chi connectivity index (χ4v) is 2.98. The van der Waals surface area contributed by atoms with E-state index in [1.54, 1.807) is 4.90 Å². The van der Waals surface area contributed by atoms with E-state index < -0.39 is 0 Å². The van der Waals surface area contributed by atoms with Gasteiger partial charge in [-0.15, -0.1) is 0 Å². The van der Waals surface area contributed by atoms with Gasteiger partial charge >= 0.3 is 0 Å². The average molecular weight is 350 g/mol. The number of hydrogen-bond acceptors (Lipinski definition) is 5. The van der Waals surface area contributed by atoms with E-state index in [1.165, 1.54) is 0 Å². The molecule has 1 aromatic rings. The molecule has 0 radical (unpaired) electrons. The summed E-state index contributed by atoms with van der Waals surface area (Å²) in [6.45, 7) is 9.56. The number of amides is 2. The van der Waals surface area contributed by atoms with Crippen LogP contribution in [0.3, 0.4) is 0 Å². The van der Waals surface area contributed by atoms with Crippen molar-refractivity contribution < 1.29 is 14.1 Å². The van der Waals surface area contributed by atoms with Gasteiger partial charge < -0.3 is 14.7 Å². The first-order valence-corrected chi connectivity index (χ1v) is 9.27. The fourth-order valence-electron chi connectivity index (χ4n) is 2.98. The molecule has 2 heterocycles. The van der Waals surface area contributed by atoms with Crippen molar-refractivity contribution in [3.63, 3.8) is 0 Å². The second-order valence-corrected chi connectivity index (χ2v) is 7.35. The minimum Gasteiger partial charge on any atom is -0.356 e. The second kappa shape index (κ2) is 8.97. The smallest absolute Gasteiger partial charge is 0.229 e. The maximum absolute atomic E-state index is 12.3. The van der Waals surface area contributed by atoms with Crippen LogP contribution in [-0.2, 0) is 9.59 Å². The lowest BCUT2D eigenvalue weighted by atomic mass is 9.98. The van der Waals surface area contributed by atoms with E-state index in [2.05, 4.69) is 15.5 Å². The zero-order valence-electron chi connectivity index (χ0n) is 15.7. The number of nitrogens with zero attached hydrogens (tertiary/aromatic N) is 3. The SMILES string of the molecule is CC(C)C(=O)N1CCCC(c2nc(C(C)C)no2)CCNC(=O)CC1. The number of carbonyl (C=O) groups excluding carboxylic acids is 2. The molecule has 1 atom stereocenters. The highest BCUT2D eigenvalue weighted by molar-refractivity contribution is 5.80. The summed E-state index contributed by atoms with van der Waals surface area (Å²) >= 11 is 0. The molecule has 2 rings (SSSR count). The molecule has 1 aromatic heterocycles. The molecule has 1 unspecified atom stereocenters. The predicted molar refractivity (Wildman–Crippen MR) is 94.0 cm³/mol. The first-order chi connectivity index (χ1) is 11.9. The molecule has 0 aliphatic carbocycles. The van der Waals surface area contributed by atoms with Crippen molar-refractivity contribution in [2.75, 3.05) is 19.6 Å². The van der Waals surface area contributed by atoms with E-state index in [-0.39, 0.29) is 29.6 Å². The fraction of sp³-hybridized carbons (Fsp3) is 0.778. The van der Waals surface area contributed by atoms with Gasteiger partial charge in [0.05, 0.1) is 0 Å². The minimum absolute atomic E-state index is 0.0180. The third-order valence-corrected chi connectivity index (χ3v) is 4.53. The van der Waals surface area contributed by atoms with Crippen LogP contribution in [0.2, 0.25) is 0 Å². The molecule has 25 heavy (non-hydrogen) atoms. The molecule has 1 N–H and O–H groups in total. The molecule has 1 fully saturated rings. The van der Waals surface area contributed by atoms with Gasteiger partial charge in [0.15, 0.2) is 5.82 Å². The molecule has 2 amide bonds. The molecule has 1 saturated heterocycles. The summed E-state index contributed by atoms with van der Waals surface area (Å²) in [5, 5.41) is 6.98. The van der Waals surface area contributed by atoms with Crippen LogP contribution < -0.4 is 5.32 Å². The van der Waals surface area contributed by atoms with Gasteiger partial charge in [0.1, 0.15) is 0 Å². The number of aromatic nitrogens is 2. The van der Waals surface area contributed by atoms with Crippen LogP contribution in [0.15, 0.2) is 4.52 Å². The standard InChI is InChI=1S/C18H30N4O3/c1-12(2)16-20-17(25-21-16)14-6-5-10-22(18(24)13(3)4)11-8-15(23)19-9-7-14/h12-14H,5-11H2,1-4H3,(H,19,23). The van der Waals surface area contributed by atoms with Gasteiger partial charge in [-0.05, 0) is 19.3 Å². The third kappa shape index (κ3) is 5.54. The number of nitrogens with one attached hydrogen (secondary N) is 1. The average Bonchev–Trinajstić information content (AvgIpc) is 3.04. The van der Waals surface area contributed by atoms with E-state index in [4.69, 9.17) is 4.52 Å². The summed E-state index contributed by atoms with van der Waals surface area (Å²) in [6.07, 6.45) is 2.83. The molecule has 0 aromatic carbocycles. The zero-order valence-corrected chi connectivity index (χ0v) is 15.7. The summed E-state index contributed by atoms with van der Waals surface area (Å²) < 4.78 is 5.45. The quantitative estimate of drug-likeness (QED) is 0.904. The van der Waals surface area contributed by atoms with Gasteiger partial charge in [-0.25, -0.2) is 0 Å². The van der Waals surface area contributed by atoms with Gasteiger partial charge in [-0.2, -0.15) is 4.98 Å². The van der Waals surface area contributed by atoms with Gasteiger partial charge in [0, 0.05) is 43.8 Å². The Hall–Kier alpha value is -1.92. The third-order valence-electron chi connectivity index (χ3n) is 4.53. The first-order valence-electron chi connectivity index (χ1n) is 9.27. The van der Waals surface area contributed by atoms with Crippen LogP contribution in [-0.4, -0.2) is 46.5 Å². The first kappa shape index (κ1) is 19.4. The summed E-state index contributed by atoms with van der Waals surface area (Å²) in [5.41, 5.74) is 0. The topological polar surface area (TPSA) is 88.3 Å². The Morgan fingerprint density at radius 1 is 1.24 bits per heavy atom. The van der Waals surface area contributed by atoms with Crippen molar-refractivity contribution in [1.29, 1.82) is 0 Å². The van der Waals surface area contributed by atoms with Gasteiger partial charge in [0.2, 0.25) is 17.7 Å². The maximum Gasteiger partial charge on any atom is 0.229 e. The Morgan fingerprint density at radius 2 is 2.00 bits per heavy atom. The van der Waals surface area contributed by atoms with E-state index in [1.807, 2.05) is 27.7 Å². The van der Waals surface area contributed by atoms with Crippen molar-refractivity contribution in [2.45, 2.75) is 65.2 Å². The molecular weight excluding hydrogens is 320 g/mol. The largest absolute Gasteiger partial charge is 0.356 e. The molecule has 1 aliphatic heterocycles. The molecule has 0 spiro atoms. The Bertz CT molecular complexity index is 583. The molecule has 7 heteroatoms. The van der Waals surface area contributed by atoms with Crippen LogP contribution in [0.5, 0.6) is 0 Å². The van der Waals surface area contributed by atoms with Crippen LogP contribution in [0, 0.1) is 5.92 Å². The van der Waals surface area contributed by atoms with Crippen molar-refractivity contribution in [2.24, 2.45) is 5.92 Å². The Labute approximate surface area is 149 Å².